The van der Waals surface area contributed by atoms with Crippen molar-refractivity contribution in [2.75, 3.05) is 4.90 Å². The first-order valence-electron chi connectivity index (χ1n) is 12.7. The second kappa shape index (κ2) is 11.4. The first kappa shape index (κ1) is 25.3. The smallest absolute Gasteiger partial charge is 0.265 e. The second-order valence-electron chi connectivity index (χ2n) is 9.45. The third-order valence-corrected chi connectivity index (χ3v) is 6.71. The molecular formula is C35H27N3O. The summed E-state index contributed by atoms with van der Waals surface area (Å²) in [4.78, 5) is 5.68. The molecule has 0 fully saturated rings. The van der Waals surface area contributed by atoms with Crippen LogP contribution < -0.4 is 4.90 Å². The van der Waals surface area contributed by atoms with Crippen molar-refractivity contribution < 1.29 is 4.74 Å². The van der Waals surface area contributed by atoms with Gasteiger partial charge in [0, 0.05) is 23.5 Å². The number of hydrogen-bond acceptors (Lipinski definition) is 3. The Labute approximate surface area is 229 Å². The van der Waals surface area contributed by atoms with Gasteiger partial charge in [0.1, 0.15) is 11.4 Å². The molecular weight excluding hydrogens is 478 g/mol. The van der Waals surface area contributed by atoms with Crippen LogP contribution in [0.4, 0.5) is 17.1 Å². The van der Waals surface area contributed by atoms with E-state index < -0.39 is 5.60 Å². The maximum absolute atomic E-state index is 9.54. The Morgan fingerprint density at radius 3 is 1.90 bits per heavy atom. The summed E-state index contributed by atoms with van der Waals surface area (Å²) in [6.07, 6.45) is 6.14. The van der Waals surface area contributed by atoms with E-state index in [1.54, 1.807) is 6.08 Å². The maximum Gasteiger partial charge on any atom is 0.265 e. The molecule has 1 heterocycles. The zero-order valence-corrected chi connectivity index (χ0v) is 21.7. The summed E-state index contributed by atoms with van der Waals surface area (Å²) in [5.41, 5.74) is 5.31. The molecule has 5 rings (SSSR count). The summed E-state index contributed by atoms with van der Waals surface area (Å²) in [6, 6.07) is 40.9. The van der Waals surface area contributed by atoms with Gasteiger partial charge in [0.15, 0.2) is 0 Å². The zero-order chi connectivity index (χ0) is 27.1. The fourth-order valence-corrected chi connectivity index (χ4v) is 4.78. The quantitative estimate of drug-likeness (QED) is 0.194. The summed E-state index contributed by atoms with van der Waals surface area (Å²) in [7, 11) is 0. The summed E-state index contributed by atoms with van der Waals surface area (Å²) >= 11 is 0. The first-order valence-corrected chi connectivity index (χ1v) is 12.7. The molecule has 0 aromatic heterocycles. The second-order valence-corrected chi connectivity index (χ2v) is 9.45. The predicted molar refractivity (Wildman–Crippen MR) is 157 cm³/mol. The van der Waals surface area contributed by atoms with Crippen molar-refractivity contribution in [3.63, 3.8) is 0 Å². The highest BCUT2D eigenvalue weighted by Gasteiger charge is 2.34. The van der Waals surface area contributed by atoms with Gasteiger partial charge in [-0.2, -0.15) is 0 Å². The van der Waals surface area contributed by atoms with E-state index in [2.05, 4.69) is 58.3 Å². The van der Waals surface area contributed by atoms with Crippen molar-refractivity contribution >= 4 is 23.1 Å². The monoisotopic (exact) mass is 505 g/mol. The minimum Gasteiger partial charge on any atom is -0.483 e. The van der Waals surface area contributed by atoms with Gasteiger partial charge in [-0.3, -0.25) is 0 Å². The molecule has 0 saturated heterocycles. The van der Waals surface area contributed by atoms with Crippen LogP contribution in [0.3, 0.4) is 0 Å². The summed E-state index contributed by atoms with van der Waals surface area (Å²) < 4.78 is 6.45. The molecule has 1 unspecified atom stereocenters. The highest BCUT2D eigenvalue weighted by atomic mass is 16.5. The van der Waals surface area contributed by atoms with E-state index in [-0.39, 0.29) is 5.70 Å². The number of rotatable bonds is 6. The molecule has 188 valence electrons. The number of allylic oxidation sites excluding steroid dienone is 3. The van der Waals surface area contributed by atoms with Crippen LogP contribution in [0, 0.1) is 17.9 Å². The molecule has 4 heteroatoms. The van der Waals surface area contributed by atoms with Crippen molar-refractivity contribution in [1.29, 1.82) is 5.26 Å². The Morgan fingerprint density at radius 1 is 0.821 bits per heavy atom. The Balaban J connectivity index is 1.45. The van der Waals surface area contributed by atoms with E-state index in [0.717, 1.165) is 28.2 Å². The minimum atomic E-state index is -0.687. The molecule has 0 N–H and O–H groups in total. The maximum atomic E-state index is 9.54. The van der Waals surface area contributed by atoms with Gasteiger partial charge >= 0.3 is 0 Å². The van der Waals surface area contributed by atoms with Crippen LogP contribution in [0.2, 0.25) is 0 Å². The van der Waals surface area contributed by atoms with Gasteiger partial charge in [-0.25, -0.2) is 10.1 Å². The highest BCUT2D eigenvalue weighted by Crippen LogP contribution is 2.40. The van der Waals surface area contributed by atoms with Crippen LogP contribution in [0.15, 0.2) is 144 Å². The molecule has 0 amide bonds. The molecule has 1 aliphatic heterocycles. The van der Waals surface area contributed by atoms with E-state index in [4.69, 9.17) is 11.3 Å². The third kappa shape index (κ3) is 5.67. The predicted octanol–water partition coefficient (Wildman–Crippen LogP) is 9.09. The van der Waals surface area contributed by atoms with Crippen molar-refractivity contribution in [1.82, 2.24) is 0 Å². The SMILES string of the molecule is [C-]#[N+]/C(C#N)=C1C=C(/C=C/c2ccc(N(c3ccccc3)c3ccccc3)cc2)OC(C)(c2ccccc2)C\1. The molecule has 4 aromatic rings. The summed E-state index contributed by atoms with van der Waals surface area (Å²) in [5, 5.41) is 9.54. The minimum absolute atomic E-state index is 0.0950. The summed E-state index contributed by atoms with van der Waals surface area (Å²) in [5.74, 6) is 0.610. The van der Waals surface area contributed by atoms with Gasteiger partial charge in [-0.05, 0) is 72.2 Å². The lowest BCUT2D eigenvalue weighted by Crippen LogP contribution is -2.29. The average molecular weight is 506 g/mol. The highest BCUT2D eigenvalue weighted by molar-refractivity contribution is 5.77. The largest absolute Gasteiger partial charge is 0.483 e. The van der Waals surface area contributed by atoms with Crippen LogP contribution in [0.1, 0.15) is 24.5 Å². The Kier molecular flexibility index (Phi) is 7.39. The fraction of sp³-hybridized carbons (Fsp3) is 0.0857. The van der Waals surface area contributed by atoms with E-state index in [9.17, 15) is 5.26 Å². The van der Waals surface area contributed by atoms with Gasteiger partial charge in [0.25, 0.3) is 5.70 Å². The first-order chi connectivity index (χ1) is 19.1. The zero-order valence-electron chi connectivity index (χ0n) is 21.7. The fourth-order valence-electron chi connectivity index (χ4n) is 4.78. The molecule has 0 spiro atoms. The third-order valence-electron chi connectivity index (χ3n) is 6.71. The van der Waals surface area contributed by atoms with Crippen LogP contribution >= 0.6 is 0 Å². The Morgan fingerprint density at radius 2 is 1.36 bits per heavy atom. The van der Waals surface area contributed by atoms with E-state index in [1.165, 1.54) is 0 Å². The van der Waals surface area contributed by atoms with Crippen molar-refractivity contribution in [3.8, 4) is 6.07 Å². The number of nitrogens with zero attached hydrogens (tertiary/aromatic N) is 3. The average Bonchev–Trinajstić information content (AvgIpc) is 2.99. The number of para-hydroxylation sites is 2. The van der Waals surface area contributed by atoms with Gasteiger partial charge in [0.2, 0.25) is 0 Å². The van der Waals surface area contributed by atoms with Crippen molar-refractivity contribution in [2.45, 2.75) is 18.9 Å². The van der Waals surface area contributed by atoms with Gasteiger partial charge in [-0.1, -0.05) is 84.9 Å². The molecule has 0 radical (unpaired) electrons. The van der Waals surface area contributed by atoms with Gasteiger partial charge < -0.3 is 9.64 Å². The molecule has 4 nitrogen and oxygen atoms in total. The van der Waals surface area contributed by atoms with E-state index in [0.29, 0.717) is 17.8 Å². The number of ether oxygens (including phenoxy) is 1. The van der Waals surface area contributed by atoms with E-state index in [1.807, 2.05) is 91.9 Å². The Hall–Kier alpha value is -5.32. The van der Waals surface area contributed by atoms with Crippen LogP contribution in [-0.2, 0) is 10.3 Å². The van der Waals surface area contributed by atoms with Crippen molar-refractivity contribution in [3.05, 3.63) is 167 Å². The number of hydrogen-bond donors (Lipinski definition) is 0. The molecule has 1 aliphatic rings. The van der Waals surface area contributed by atoms with E-state index >= 15 is 0 Å². The molecule has 39 heavy (non-hydrogen) atoms. The topological polar surface area (TPSA) is 40.6 Å². The summed E-state index contributed by atoms with van der Waals surface area (Å²) in [6.45, 7) is 9.46. The Bertz CT molecular complexity index is 1550. The molecule has 1 atom stereocenters. The van der Waals surface area contributed by atoms with Gasteiger partial charge in [0.05, 0.1) is 12.6 Å². The number of benzene rings is 4. The number of nitriles is 1. The molecule has 0 bridgehead atoms. The lowest BCUT2D eigenvalue weighted by Gasteiger charge is -2.36. The van der Waals surface area contributed by atoms with Gasteiger partial charge in [-0.15, -0.1) is 0 Å². The van der Waals surface area contributed by atoms with Crippen LogP contribution in [0.25, 0.3) is 10.9 Å². The standard InChI is InChI=1S/C35H27N3O/c1-35(29-12-6-3-7-13-29)25-28(34(26-36)37-2)24-33(39-35)23-20-27-18-21-32(22-19-27)38(30-14-8-4-9-15-30)31-16-10-5-11-17-31/h3-24H,25H2,1H3/b23-20+,34-28+. The molecule has 0 saturated carbocycles. The molecule has 4 aromatic carbocycles. The normalized spacial score (nSPS) is 17.9. The molecule has 0 aliphatic carbocycles. The number of anilines is 3. The van der Waals surface area contributed by atoms with Crippen LogP contribution in [-0.4, -0.2) is 0 Å². The van der Waals surface area contributed by atoms with Crippen molar-refractivity contribution in [2.24, 2.45) is 0 Å². The lowest BCUT2D eigenvalue weighted by atomic mass is 9.85. The lowest BCUT2D eigenvalue weighted by molar-refractivity contribution is 0.0143. The van der Waals surface area contributed by atoms with Crippen LogP contribution in [0.5, 0.6) is 0 Å².